The minimum absolute atomic E-state index is 0.0593. The lowest BCUT2D eigenvalue weighted by Gasteiger charge is -2.14. The van der Waals surface area contributed by atoms with E-state index in [0.29, 0.717) is 22.3 Å². The molecular weight excluding hydrogens is 450 g/mol. The van der Waals surface area contributed by atoms with Crippen molar-refractivity contribution in [3.63, 3.8) is 0 Å². The zero-order chi connectivity index (χ0) is 24.2. The number of hydrogen-bond donors (Lipinski definition) is 1. The quantitative estimate of drug-likeness (QED) is 0.370. The molecule has 1 aliphatic rings. The van der Waals surface area contributed by atoms with E-state index >= 15 is 0 Å². The molecule has 8 heteroatoms. The summed E-state index contributed by atoms with van der Waals surface area (Å²) >= 11 is 0. The van der Waals surface area contributed by atoms with Gasteiger partial charge in [-0.05, 0) is 61.8 Å². The number of pyridine rings is 2. The van der Waals surface area contributed by atoms with Crippen LogP contribution in [0.5, 0.6) is 5.75 Å². The van der Waals surface area contributed by atoms with E-state index in [2.05, 4.69) is 24.9 Å². The number of ether oxygens (including phenoxy) is 1. The highest BCUT2D eigenvalue weighted by atomic mass is 19.3. The Bertz CT molecular complexity index is 1340. The minimum Gasteiger partial charge on any atom is -0.435 e. The number of amides is 1. The zero-order valence-electron chi connectivity index (χ0n) is 19.0. The fraction of sp³-hybridized carbons (Fsp3) is 0.222. The second-order valence-electron chi connectivity index (χ2n) is 8.46. The predicted octanol–water partition coefficient (Wildman–Crippen LogP) is 5.75. The number of nitrogens with zero attached hydrogens (tertiary/aromatic N) is 3. The van der Waals surface area contributed by atoms with E-state index in [1.807, 2.05) is 36.4 Å². The van der Waals surface area contributed by atoms with Gasteiger partial charge < -0.3 is 10.1 Å². The minimum atomic E-state index is -2.91. The number of alkyl halides is 2. The van der Waals surface area contributed by atoms with Crippen molar-refractivity contribution in [3.8, 4) is 16.9 Å². The van der Waals surface area contributed by atoms with Crippen molar-refractivity contribution in [3.05, 3.63) is 84.3 Å². The molecule has 35 heavy (non-hydrogen) atoms. The van der Waals surface area contributed by atoms with Gasteiger partial charge in [0, 0.05) is 17.5 Å². The van der Waals surface area contributed by atoms with Gasteiger partial charge in [-0.2, -0.15) is 8.78 Å². The Morgan fingerprint density at radius 1 is 1.03 bits per heavy atom. The van der Waals surface area contributed by atoms with Gasteiger partial charge in [-0.15, -0.1) is 0 Å². The average molecular weight is 475 g/mol. The summed E-state index contributed by atoms with van der Waals surface area (Å²) in [6.07, 6.45) is 4.11. The molecule has 6 nitrogen and oxygen atoms in total. The lowest BCUT2D eigenvalue weighted by molar-refractivity contribution is -0.0498. The molecule has 1 amide bonds. The molecule has 1 aliphatic heterocycles. The van der Waals surface area contributed by atoms with Crippen molar-refractivity contribution in [2.75, 3.05) is 18.4 Å². The molecule has 0 saturated carbocycles. The first-order chi connectivity index (χ1) is 17.0. The molecule has 0 spiro atoms. The normalized spacial score (nSPS) is 13.9. The van der Waals surface area contributed by atoms with E-state index in [4.69, 9.17) is 0 Å². The summed E-state index contributed by atoms with van der Waals surface area (Å²) < 4.78 is 29.8. The van der Waals surface area contributed by atoms with Crippen LogP contribution in [0.15, 0.2) is 72.9 Å². The molecule has 5 rings (SSSR count). The Morgan fingerprint density at radius 3 is 2.63 bits per heavy atom. The van der Waals surface area contributed by atoms with Crippen molar-refractivity contribution < 1.29 is 18.3 Å². The van der Waals surface area contributed by atoms with Gasteiger partial charge in [0.15, 0.2) is 0 Å². The Balaban J connectivity index is 1.37. The van der Waals surface area contributed by atoms with Gasteiger partial charge in [0.2, 0.25) is 0 Å². The Labute approximate surface area is 201 Å². The molecule has 0 bridgehead atoms. The van der Waals surface area contributed by atoms with Crippen LogP contribution < -0.4 is 10.1 Å². The van der Waals surface area contributed by atoms with Crippen LogP contribution in [0.4, 0.5) is 14.5 Å². The molecule has 1 saturated heterocycles. The molecule has 0 atom stereocenters. The lowest BCUT2D eigenvalue weighted by atomic mass is 10.0. The van der Waals surface area contributed by atoms with E-state index in [0.717, 1.165) is 30.7 Å². The van der Waals surface area contributed by atoms with Gasteiger partial charge in [-0.1, -0.05) is 36.4 Å². The molecule has 0 aliphatic carbocycles. The number of carbonyl (C=O) groups is 1. The highest BCUT2D eigenvalue weighted by molar-refractivity contribution is 6.05. The molecule has 2 aromatic heterocycles. The van der Waals surface area contributed by atoms with Gasteiger partial charge >= 0.3 is 6.61 Å². The maximum Gasteiger partial charge on any atom is 0.387 e. The van der Waals surface area contributed by atoms with Gasteiger partial charge in [-0.3, -0.25) is 14.7 Å². The number of nitrogens with one attached hydrogen (secondary N) is 1. The molecular formula is C27H24F2N4O2. The Morgan fingerprint density at radius 2 is 1.86 bits per heavy atom. The smallest absolute Gasteiger partial charge is 0.387 e. The number of halogens is 2. The van der Waals surface area contributed by atoms with Crippen LogP contribution >= 0.6 is 0 Å². The van der Waals surface area contributed by atoms with Gasteiger partial charge in [0.05, 0.1) is 23.1 Å². The van der Waals surface area contributed by atoms with Gasteiger partial charge in [-0.25, -0.2) is 4.98 Å². The van der Waals surface area contributed by atoms with Gasteiger partial charge in [0.25, 0.3) is 5.91 Å². The van der Waals surface area contributed by atoms with E-state index < -0.39 is 6.61 Å². The summed E-state index contributed by atoms with van der Waals surface area (Å²) in [5, 5.41) is 3.68. The standard InChI is InChI=1S/C27H24F2N4O2/c28-27(29)35-22-7-3-6-19(15-22)23-8-4-5-18-9-12-24(32-25(18)23)26(34)31-20-10-11-21(30-16-20)17-33-13-1-2-14-33/h3-12,15-16,27H,1-2,13-14,17H2,(H,31,34). The van der Waals surface area contributed by atoms with E-state index in [9.17, 15) is 13.6 Å². The van der Waals surface area contributed by atoms with E-state index in [1.165, 1.54) is 25.0 Å². The van der Waals surface area contributed by atoms with E-state index in [-0.39, 0.29) is 17.4 Å². The molecule has 0 radical (unpaired) electrons. The highest BCUT2D eigenvalue weighted by Gasteiger charge is 2.15. The van der Waals surface area contributed by atoms with Crippen molar-refractivity contribution in [2.45, 2.75) is 26.0 Å². The number of hydrogen-bond acceptors (Lipinski definition) is 5. The molecule has 4 aromatic rings. The number of aromatic nitrogens is 2. The van der Waals surface area contributed by atoms with Crippen LogP contribution in [0.25, 0.3) is 22.0 Å². The van der Waals surface area contributed by atoms with Crippen LogP contribution in [0.3, 0.4) is 0 Å². The van der Waals surface area contributed by atoms with Crippen LogP contribution in [0.2, 0.25) is 0 Å². The molecule has 178 valence electrons. The maximum atomic E-state index is 12.9. The van der Waals surface area contributed by atoms with Crippen LogP contribution in [-0.2, 0) is 6.54 Å². The second-order valence-corrected chi connectivity index (χ2v) is 8.46. The van der Waals surface area contributed by atoms with Gasteiger partial charge in [0.1, 0.15) is 11.4 Å². The highest BCUT2D eigenvalue weighted by Crippen LogP contribution is 2.30. The summed E-state index contributed by atoms with van der Waals surface area (Å²) in [5.41, 5.74) is 3.77. The first-order valence-electron chi connectivity index (χ1n) is 11.5. The zero-order valence-corrected chi connectivity index (χ0v) is 19.0. The number of rotatable bonds is 7. The third kappa shape index (κ3) is 5.44. The van der Waals surface area contributed by atoms with Crippen molar-refractivity contribution in [1.29, 1.82) is 0 Å². The second kappa shape index (κ2) is 10.1. The fourth-order valence-electron chi connectivity index (χ4n) is 4.30. The van der Waals surface area contributed by atoms with Crippen LogP contribution in [0.1, 0.15) is 29.0 Å². The Kier molecular flexibility index (Phi) is 6.63. The monoisotopic (exact) mass is 474 g/mol. The summed E-state index contributed by atoms with van der Waals surface area (Å²) in [7, 11) is 0. The number of anilines is 1. The maximum absolute atomic E-state index is 12.9. The van der Waals surface area contributed by atoms with Crippen molar-refractivity contribution >= 4 is 22.5 Å². The Hall–Kier alpha value is -3.91. The first-order valence-corrected chi connectivity index (χ1v) is 11.5. The summed E-state index contributed by atoms with van der Waals surface area (Å²) in [4.78, 5) is 24.4. The molecule has 3 heterocycles. The van der Waals surface area contributed by atoms with E-state index in [1.54, 1.807) is 24.4 Å². The number of benzene rings is 2. The summed E-state index contributed by atoms with van der Waals surface area (Å²) in [6, 6.07) is 19.3. The van der Waals surface area contributed by atoms with Crippen molar-refractivity contribution in [2.24, 2.45) is 0 Å². The third-order valence-electron chi connectivity index (χ3n) is 5.99. The van der Waals surface area contributed by atoms with Crippen molar-refractivity contribution in [1.82, 2.24) is 14.9 Å². The topological polar surface area (TPSA) is 67.4 Å². The molecule has 0 unspecified atom stereocenters. The third-order valence-corrected chi connectivity index (χ3v) is 5.99. The SMILES string of the molecule is O=C(Nc1ccc(CN2CCCC2)nc1)c1ccc2cccc(-c3cccc(OC(F)F)c3)c2n1. The summed E-state index contributed by atoms with van der Waals surface area (Å²) in [5.74, 6) is -0.297. The number of para-hydroxylation sites is 1. The fourth-order valence-corrected chi connectivity index (χ4v) is 4.30. The number of likely N-dealkylation sites (tertiary alicyclic amines) is 1. The largest absolute Gasteiger partial charge is 0.435 e. The molecule has 1 fully saturated rings. The predicted molar refractivity (Wildman–Crippen MR) is 131 cm³/mol. The number of carbonyl (C=O) groups excluding carboxylic acids is 1. The molecule has 2 aromatic carbocycles. The van der Waals surface area contributed by atoms with Crippen LogP contribution in [-0.4, -0.2) is 40.5 Å². The average Bonchev–Trinajstić information content (AvgIpc) is 3.37. The van der Waals surface area contributed by atoms with Crippen LogP contribution in [0, 0.1) is 0 Å². The number of fused-ring (bicyclic) bond motifs is 1. The first kappa shape index (κ1) is 22.9. The lowest BCUT2D eigenvalue weighted by Crippen LogP contribution is -2.19. The summed E-state index contributed by atoms with van der Waals surface area (Å²) in [6.45, 7) is 0.0980. The molecule has 1 N–H and O–H groups in total.